The molecule has 0 saturated heterocycles. The lowest BCUT2D eigenvalue weighted by atomic mass is 9.49. The Labute approximate surface area is 213 Å². The highest BCUT2D eigenvalue weighted by Gasteiger charge is 2.54. The SMILES string of the molecule is COC(=O)CC1c2cc(OC)c(OC)cc2CCN1C(=O)CCNC(=O)C12CC3CC(CC(C3)C1)C2. The maximum atomic E-state index is 13.4. The number of nitrogens with one attached hydrogen (secondary N) is 1. The summed E-state index contributed by atoms with van der Waals surface area (Å²) in [6.45, 7) is 0.811. The van der Waals surface area contributed by atoms with Crippen LogP contribution in [0.5, 0.6) is 11.5 Å². The van der Waals surface area contributed by atoms with Crippen LogP contribution in [0, 0.1) is 23.2 Å². The van der Waals surface area contributed by atoms with E-state index >= 15 is 0 Å². The van der Waals surface area contributed by atoms with Crippen molar-refractivity contribution in [2.75, 3.05) is 34.4 Å². The molecule has 0 radical (unpaired) electrons. The molecule has 4 saturated carbocycles. The monoisotopic (exact) mass is 498 g/mol. The van der Waals surface area contributed by atoms with Crippen LogP contribution in [0.3, 0.4) is 0 Å². The molecule has 36 heavy (non-hydrogen) atoms. The van der Waals surface area contributed by atoms with Gasteiger partial charge in [0.15, 0.2) is 11.5 Å². The third-order valence-corrected chi connectivity index (χ3v) is 9.06. The van der Waals surface area contributed by atoms with Gasteiger partial charge < -0.3 is 24.4 Å². The summed E-state index contributed by atoms with van der Waals surface area (Å²) in [4.78, 5) is 40.7. The van der Waals surface area contributed by atoms with E-state index in [1.54, 1.807) is 19.1 Å². The largest absolute Gasteiger partial charge is 0.493 e. The molecule has 1 heterocycles. The van der Waals surface area contributed by atoms with Crippen LogP contribution in [0.4, 0.5) is 0 Å². The van der Waals surface area contributed by atoms with E-state index in [1.165, 1.54) is 26.4 Å². The average Bonchev–Trinajstić information content (AvgIpc) is 2.86. The van der Waals surface area contributed by atoms with E-state index in [9.17, 15) is 14.4 Å². The van der Waals surface area contributed by atoms with Crippen LogP contribution in [-0.4, -0.2) is 57.1 Å². The molecule has 1 aliphatic heterocycles. The van der Waals surface area contributed by atoms with Crippen molar-refractivity contribution >= 4 is 17.8 Å². The van der Waals surface area contributed by atoms with Crippen LogP contribution in [0.1, 0.15) is 68.5 Å². The van der Waals surface area contributed by atoms with Gasteiger partial charge in [-0.2, -0.15) is 0 Å². The number of amides is 2. The molecule has 8 nitrogen and oxygen atoms in total. The zero-order valence-electron chi connectivity index (χ0n) is 21.6. The minimum absolute atomic E-state index is 0.0599. The lowest BCUT2D eigenvalue weighted by Crippen LogP contribution is -2.54. The minimum atomic E-state index is -0.452. The zero-order chi connectivity index (χ0) is 25.4. The predicted octanol–water partition coefficient (Wildman–Crippen LogP) is 3.42. The summed E-state index contributed by atoms with van der Waals surface area (Å²) < 4.78 is 15.9. The number of nitrogens with zero attached hydrogens (tertiary/aromatic N) is 1. The molecule has 1 aromatic carbocycles. The summed E-state index contributed by atoms with van der Waals surface area (Å²) in [7, 11) is 4.51. The Bertz CT molecular complexity index is 1000. The molecular weight excluding hydrogens is 460 g/mol. The van der Waals surface area contributed by atoms with Crippen molar-refractivity contribution in [1.29, 1.82) is 0 Å². The van der Waals surface area contributed by atoms with Crippen molar-refractivity contribution in [3.8, 4) is 11.5 Å². The second-order valence-electron chi connectivity index (χ2n) is 11.2. The van der Waals surface area contributed by atoms with Gasteiger partial charge in [-0.05, 0) is 86.0 Å². The van der Waals surface area contributed by atoms with E-state index in [-0.39, 0.29) is 36.0 Å². The third-order valence-electron chi connectivity index (χ3n) is 9.06. The molecule has 4 aliphatic carbocycles. The topological polar surface area (TPSA) is 94.2 Å². The fraction of sp³-hybridized carbons (Fsp3) is 0.679. The van der Waals surface area contributed by atoms with Crippen LogP contribution in [0.25, 0.3) is 0 Å². The molecule has 0 aromatic heterocycles. The molecule has 8 heteroatoms. The van der Waals surface area contributed by atoms with E-state index in [0.717, 1.165) is 30.4 Å². The second-order valence-corrected chi connectivity index (χ2v) is 11.2. The first kappa shape index (κ1) is 24.9. The molecule has 196 valence electrons. The predicted molar refractivity (Wildman–Crippen MR) is 133 cm³/mol. The maximum absolute atomic E-state index is 13.4. The molecule has 5 aliphatic rings. The molecule has 1 N–H and O–H groups in total. The Morgan fingerprint density at radius 2 is 1.58 bits per heavy atom. The van der Waals surface area contributed by atoms with Crippen LogP contribution < -0.4 is 14.8 Å². The van der Waals surface area contributed by atoms with E-state index in [4.69, 9.17) is 14.2 Å². The van der Waals surface area contributed by atoms with E-state index < -0.39 is 6.04 Å². The summed E-state index contributed by atoms with van der Waals surface area (Å²) in [5, 5.41) is 3.11. The van der Waals surface area contributed by atoms with Gasteiger partial charge in [-0.3, -0.25) is 14.4 Å². The normalized spacial score (nSPS) is 29.9. The standard InChI is InChI=1S/C28H38N2O6/c1-34-23-11-20-5-7-30(22(13-26(32)36-3)21(20)12-24(23)35-2)25(31)4-6-29-27(33)28-14-17-8-18(15-28)10-19(9-17)16-28/h11-12,17-19,22H,4-10,13-16H2,1-3H3,(H,29,33). The van der Waals surface area contributed by atoms with E-state index in [2.05, 4.69) is 5.32 Å². The third kappa shape index (κ3) is 4.55. The van der Waals surface area contributed by atoms with Crippen LogP contribution in [-0.2, 0) is 25.5 Å². The number of benzene rings is 1. The molecular formula is C28H38N2O6. The van der Waals surface area contributed by atoms with Crippen LogP contribution in [0.15, 0.2) is 12.1 Å². The van der Waals surface area contributed by atoms with Crippen molar-refractivity contribution in [3.05, 3.63) is 23.3 Å². The van der Waals surface area contributed by atoms with E-state index in [1.807, 2.05) is 12.1 Å². The molecule has 4 fully saturated rings. The van der Waals surface area contributed by atoms with Gasteiger partial charge in [-0.25, -0.2) is 0 Å². The van der Waals surface area contributed by atoms with Gasteiger partial charge in [0.25, 0.3) is 0 Å². The average molecular weight is 499 g/mol. The zero-order valence-corrected chi connectivity index (χ0v) is 21.6. The van der Waals surface area contributed by atoms with Crippen LogP contribution >= 0.6 is 0 Å². The van der Waals surface area contributed by atoms with Crippen molar-refractivity contribution in [2.24, 2.45) is 23.2 Å². The number of ether oxygens (including phenoxy) is 3. The van der Waals surface area contributed by atoms with Gasteiger partial charge in [0.05, 0.1) is 33.8 Å². The Morgan fingerprint density at radius 1 is 0.972 bits per heavy atom. The van der Waals surface area contributed by atoms with Crippen molar-refractivity contribution in [3.63, 3.8) is 0 Å². The van der Waals surface area contributed by atoms with Gasteiger partial charge in [0.1, 0.15) is 0 Å². The Kier molecular flexibility index (Phi) is 6.88. The lowest BCUT2D eigenvalue weighted by molar-refractivity contribution is -0.146. The quantitative estimate of drug-likeness (QED) is 0.552. The first-order chi connectivity index (χ1) is 17.4. The number of carbonyl (C=O) groups is 3. The van der Waals surface area contributed by atoms with Crippen LogP contribution in [0.2, 0.25) is 0 Å². The Hall–Kier alpha value is -2.77. The summed E-state index contributed by atoms with van der Waals surface area (Å²) >= 11 is 0. The highest BCUT2D eigenvalue weighted by atomic mass is 16.5. The number of carbonyl (C=O) groups excluding carboxylic acids is 3. The molecule has 4 bridgehead atoms. The summed E-state index contributed by atoms with van der Waals surface area (Å²) in [6, 6.07) is 3.33. The number of fused-ring (bicyclic) bond motifs is 1. The van der Waals surface area contributed by atoms with Crippen molar-refractivity contribution < 1.29 is 28.6 Å². The number of methoxy groups -OCH3 is 3. The summed E-state index contributed by atoms with van der Waals surface area (Å²) in [5.74, 6) is 2.97. The van der Waals surface area contributed by atoms with Gasteiger partial charge >= 0.3 is 5.97 Å². The molecule has 0 spiro atoms. The maximum Gasteiger partial charge on any atom is 0.307 e. The summed E-state index contributed by atoms with van der Waals surface area (Å²) in [6.07, 6.45) is 7.82. The second kappa shape index (κ2) is 9.94. The first-order valence-corrected chi connectivity index (χ1v) is 13.2. The van der Waals surface area contributed by atoms with Gasteiger partial charge in [-0.1, -0.05) is 0 Å². The first-order valence-electron chi connectivity index (χ1n) is 13.2. The highest BCUT2D eigenvalue weighted by molar-refractivity contribution is 5.84. The Balaban J connectivity index is 1.26. The van der Waals surface area contributed by atoms with Gasteiger partial charge in [0, 0.05) is 24.9 Å². The van der Waals surface area contributed by atoms with Crippen molar-refractivity contribution in [2.45, 2.75) is 63.8 Å². The van der Waals surface area contributed by atoms with Gasteiger partial charge in [-0.15, -0.1) is 0 Å². The fourth-order valence-electron chi connectivity index (χ4n) is 7.79. The molecule has 1 unspecified atom stereocenters. The molecule has 1 atom stereocenters. The smallest absolute Gasteiger partial charge is 0.307 e. The lowest BCUT2D eigenvalue weighted by Gasteiger charge is -2.55. The summed E-state index contributed by atoms with van der Waals surface area (Å²) in [5.41, 5.74) is 1.68. The number of rotatable bonds is 8. The molecule has 2 amide bonds. The number of esters is 1. The molecule has 1 aromatic rings. The highest BCUT2D eigenvalue weighted by Crippen LogP contribution is 2.60. The Morgan fingerprint density at radius 3 is 2.17 bits per heavy atom. The molecule has 6 rings (SSSR count). The minimum Gasteiger partial charge on any atom is -0.493 e. The number of hydrogen-bond donors (Lipinski definition) is 1. The number of hydrogen-bond acceptors (Lipinski definition) is 6. The van der Waals surface area contributed by atoms with Gasteiger partial charge in [0.2, 0.25) is 11.8 Å². The van der Waals surface area contributed by atoms with Crippen molar-refractivity contribution in [1.82, 2.24) is 10.2 Å². The fourth-order valence-corrected chi connectivity index (χ4v) is 7.79. The van der Waals surface area contributed by atoms with E-state index in [0.29, 0.717) is 48.8 Å².